The van der Waals surface area contributed by atoms with E-state index in [-0.39, 0.29) is 29.4 Å². The molecule has 0 amide bonds. The Morgan fingerprint density at radius 3 is 2.80 bits per heavy atom. The first-order chi connectivity index (χ1) is 9.60. The molecule has 1 aromatic heterocycles. The van der Waals surface area contributed by atoms with Crippen LogP contribution in [0.15, 0.2) is 0 Å². The molecule has 0 aromatic carbocycles. The van der Waals surface area contributed by atoms with Gasteiger partial charge in [0.25, 0.3) is 0 Å². The zero-order valence-corrected chi connectivity index (χ0v) is 11.7. The quantitative estimate of drug-likeness (QED) is 0.481. The molecule has 0 bridgehead atoms. The Morgan fingerprint density at radius 1 is 1.40 bits per heavy atom. The topological polar surface area (TPSA) is 74.6 Å². The van der Waals surface area contributed by atoms with Gasteiger partial charge in [0.05, 0.1) is 6.61 Å². The van der Waals surface area contributed by atoms with E-state index in [1.54, 1.807) is 11.5 Å². The van der Waals surface area contributed by atoms with Gasteiger partial charge in [-0.1, -0.05) is 11.6 Å². The first-order valence-corrected chi connectivity index (χ1v) is 6.72. The third kappa shape index (κ3) is 2.56. The molecule has 0 unspecified atom stereocenters. The Morgan fingerprint density at radius 2 is 2.15 bits per heavy atom. The molecule has 0 N–H and O–H groups in total. The van der Waals surface area contributed by atoms with Crippen LogP contribution < -0.4 is 4.74 Å². The first kappa shape index (κ1) is 14.6. The highest BCUT2D eigenvalue weighted by atomic mass is 35.5. The zero-order valence-electron chi connectivity index (χ0n) is 11.0. The van der Waals surface area contributed by atoms with Crippen LogP contribution in [-0.4, -0.2) is 29.4 Å². The van der Waals surface area contributed by atoms with Gasteiger partial charge >= 0.3 is 11.9 Å². The molecule has 2 heterocycles. The lowest BCUT2D eigenvalue weighted by molar-refractivity contribution is -0.141. The summed E-state index contributed by atoms with van der Waals surface area (Å²) in [5, 5.41) is 0.0237. The van der Waals surface area contributed by atoms with E-state index in [0.717, 1.165) is 12.8 Å². The number of rotatable bonds is 4. The van der Waals surface area contributed by atoms with E-state index in [0.29, 0.717) is 18.7 Å². The minimum atomic E-state index is -1.05. The van der Waals surface area contributed by atoms with Crippen LogP contribution >= 0.6 is 11.6 Å². The normalized spacial score (nSPS) is 13.5. The van der Waals surface area contributed by atoms with E-state index >= 15 is 0 Å². The van der Waals surface area contributed by atoms with Crippen LogP contribution in [0.5, 0.6) is 5.88 Å². The van der Waals surface area contributed by atoms with Crippen molar-refractivity contribution in [1.82, 2.24) is 4.57 Å². The van der Waals surface area contributed by atoms with Crippen molar-refractivity contribution in [2.24, 2.45) is 0 Å². The van der Waals surface area contributed by atoms with Crippen LogP contribution in [0.2, 0.25) is 5.02 Å². The molecular weight excluding hydrogens is 286 g/mol. The molecule has 0 fully saturated rings. The number of hydrogen-bond acceptors (Lipinski definition) is 5. The van der Waals surface area contributed by atoms with Gasteiger partial charge < -0.3 is 14.0 Å². The second kappa shape index (κ2) is 6.09. The number of aromatic nitrogens is 1. The fraction of sp³-hybridized carbons (Fsp3) is 0.462. The second-order valence-corrected chi connectivity index (χ2v) is 4.69. The standard InChI is InChI=1S/C13H14ClNO5/c1-2-19-13(18)10-8-5-3-4-6-15(8)12(11(10)14)20-9(17)7-16/h7H,2-6H2,1H3. The monoisotopic (exact) mass is 299 g/mol. The zero-order chi connectivity index (χ0) is 14.7. The Bertz CT molecular complexity index is 564. The molecule has 20 heavy (non-hydrogen) atoms. The van der Waals surface area contributed by atoms with Crippen molar-refractivity contribution in [2.45, 2.75) is 32.7 Å². The van der Waals surface area contributed by atoms with Crippen LogP contribution in [0.1, 0.15) is 35.8 Å². The highest BCUT2D eigenvalue weighted by Crippen LogP contribution is 2.38. The van der Waals surface area contributed by atoms with Crippen molar-refractivity contribution in [3.8, 4) is 5.88 Å². The molecule has 1 aliphatic rings. The van der Waals surface area contributed by atoms with Crippen molar-refractivity contribution in [3.05, 3.63) is 16.3 Å². The molecule has 0 radical (unpaired) electrons. The van der Waals surface area contributed by atoms with E-state index in [1.165, 1.54) is 0 Å². The van der Waals surface area contributed by atoms with Gasteiger partial charge in [0.1, 0.15) is 10.6 Å². The predicted octanol–water partition coefficient (Wildman–Crippen LogP) is 1.76. The van der Waals surface area contributed by atoms with Crippen molar-refractivity contribution in [2.75, 3.05) is 6.61 Å². The number of ether oxygens (including phenoxy) is 2. The molecule has 0 spiro atoms. The summed E-state index contributed by atoms with van der Waals surface area (Å²) in [5.41, 5.74) is 0.912. The summed E-state index contributed by atoms with van der Waals surface area (Å²) in [6.07, 6.45) is 2.50. The van der Waals surface area contributed by atoms with Gasteiger partial charge in [0.2, 0.25) is 12.2 Å². The third-order valence-corrected chi connectivity index (χ3v) is 3.44. The maximum atomic E-state index is 12.0. The van der Waals surface area contributed by atoms with E-state index in [9.17, 15) is 14.4 Å². The molecule has 1 aromatic rings. The van der Waals surface area contributed by atoms with Crippen molar-refractivity contribution in [1.29, 1.82) is 0 Å². The average molecular weight is 300 g/mol. The van der Waals surface area contributed by atoms with Crippen molar-refractivity contribution >= 4 is 29.8 Å². The summed E-state index contributed by atoms with van der Waals surface area (Å²) in [4.78, 5) is 33.5. The maximum Gasteiger partial charge on any atom is 0.378 e. The number of hydrogen-bond donors (Lipinski definition) is 0. The fourth-order valence-electron chi connectivity index (χ4n) is 2.30. The molecule has 108 valence electrons. The number of esters is 2. The van der Waals surface area contributed by atoms with Gasteiger partial charge in [0.15, 0.2) is 0 Å². The number of aldehydes is 1. The minimum Gasteiger partial charge on any atom is -0.462 e. The number of nitrogens with zero attached hydrogens (tertiary/aromatic N) is 1. The molecule has 0 saturated carbocycles. The lowest BCUT2D eigenvalue weighted by Crippen LogP contribution is -2.17. The molecule has 0 saturated heterocycles. The van der Waals surface area contributed by atoms with E-state index in [1.807, 2.05) is 0 Å². The van der Waals surface area contributed by atoms with Crippen molar-refractivity contribution < 1.29 is 23.9 Å². The van der Waals surface area contributed by atoms with Gasteiger partial charge in [-0.05, 0) is 26.2 Å². The van der Waals surface area contributed by atoms with Gasteiger partial charge in [-0.15, -0.1) is 0 Å². The summed E-state index contributed by atoms with van der Waals surface area (Å²) in [6.45, 7) is 2.50. The maximum absolute atomic E-state index is 12.0. The van der Waals surface area contributed by atoms with E-state index in [4.69, 9.17) is 21.1 Å². The molecule has 0 aliphatic carbocycles. The molecule has 6 nitrogen and oxygen atoms in total. The SMILES string of the molecule is CCOC(=O)c1c(Cl)c(OC(=O)C=O)n2c1CCCC2. The Hall–Kier alpha value is -1.82. The van der Waals surface area contributed by atoms with E-state index in [2.05, 4.69) is 0 Å². The molecular formula is C13H14ClNO5. The van der Waals surface area contributed by atoms with Gasteiger partial charge in [-0.3, -0.25) is 4.79 Å². The molecule has 2 rings (SSSR count). The van der Waals surface area contributed by atoms with Gasteiger partial charge in [-0.25, -0.2) is 9.59 Å². The Labute approximate surface area is 120 Å². The third-order valence-electron chi connectivity index (χ3n) is 3.09. The summed E-state index contributed by atoms with van der Waals surface area (Å²) in [6, 6.07) is 0. The van der Waals surface area contributed by atoms with Crippen LogP contribution in [0, 0.1) is 0 Å². The second-order valence-electron chi connectivity index (χ2n) is 4.31. The number of carbonyl (C=O) groups is 3. The molecule has 1 aliphatic heterocycles. The lowest BCUT2D eigenvalue weighted by Gasteiger charge is -2.17. The number of halogens is 1. The lowest BCUT2D eigenvalue weighted by atomic mass is 10.1. The summed E-state index contributed by atoms with van der Waals surface area (Å²) in [5.74, 6) is -1.55. The minimum absolute atomic E-state index is 0.0237. The van der Waals surface area contributed by atoms with Gasteiger partial charge in [0, 0.05) is 12.2 Å². The van der Waals surface area contributed by atoms with Crippen molar-refractivity contribution in [3.63, 3.8) is 0 Å². The average Bonchev–Trinajstić information content (AvgIpc) is 2.72. The van der Waals surface area contributed by atoms with Crippen LogP contribution in [0.3, 0.4) is 0 Å². The Kier molecular flexibility index (Phi) is 4.44. The predicted molar refractivity (Wildman–Crippen MR) is 70.0 cm³/mol. The van der Waals surface area contributed by atoms with E-state index < -0.39 is 11.9 Å². The Balaban J connectivity index is 2.49. The van der Waals surface area contributed by atoms with Gasteiger partial charge in [-0.2, -0.15) is 0 Å². The largest absolute Gasteiger partial charge is 0.462 e. The first-order valence-electron chi connectivity index (χ1n) is 6.35. The number of carbonyl (C=O) groups excluding carboxylic acids is 3. The van der Waals surface area contributed by atoms with Crippen LogP contribution in [-0.2, 0) is 27.3 Å². The smallest absolute Gasteiger partial charge is 0.378 e. The van der Waals surface area contributed by atoms with Crippen LogP contribution in [0.25, 0.3) is 0 Å². The summed E-state index contributed by atoms with van der Waals surface area (Å²) in [7, 11) is 0. The fourth-order valence-corrected chi connectivity index (χ4v) is 2.63. The summed E-state index contributed by atoms with van der Waals surface area (Å²) < 4.78 is 11.6. The highest BCUT2D eigenvalue weighted by molar-refractivity contribution is 6.35. The van der Waals surface area contributed by atoms with Crippen LogP contribution in [0.4, 0.5) is 0 Å². The highest BCUT2D eigenvalue weighted by Gasteiger charge is 2.30. The number of fused-ring (bicyclic) bond motifs is 1. The molecule has 0 atom stereocenters. The summed E-state index contributed by atoms with van der Waals surface area (Å²) >= 11 is 6.14. The molecule has 7 heteroatoms.